The highest BCUT2D eigenvalue weighted by Crippen LogP contribution is 2.24. The summed E-state index contributed by atoms with van der Waals surface area (Å²) in [5.41, 5.74) is 0.896. The van der Waals surface area contributed by atoms with Gasteiger partial charge < -0.3 is 14.8 Å². The normalized spacial score (nSPS) is 11.4. The highest BCUT2D eigenvalue weighted by Gasteiger charge is 2.18. The third kappa shape index (κ3) is 7.35. The molecule has 0 aliphatic rings. The van der Waals surface area contributed by atoms with Gasteiger partial charge >= 0.3 is 5.97 Å². The molecule has 31 heavy (non-hydrogen) atoms. The van der Waals surface area contributed by atoms with Crippen molar-refractivity contribution in [2.24, 2.45) is 0 Å². The van der Waals surface area contributed by atoms with Gasteiger partial charge in [-0.2, -0.15) is 0 Å². The first kappa shape index (κ1) is 24.9. The largest absolute Gasteiger partial charge is 0.457 e. The Morgan fingerprint density at radius 1 is 1.10 bits per heavy atom. The van der Waals surface area contributed by atoms with Crippen LogP contribution < -0.4 is 5.32 Å². The van der Waals surface area contributed by atoms with Gasteiger partial charge in [0.15, 0.2) is 0 Å². The number of thioether (sulfide) groups is 1. The molecular formula is C21H26N2O6S2. The Morgan fingerprint density at radius 3 is 2.55 bits per heavy atom. The van der Waals surface area contributed by atoms with Crippen molar-refractivity contribution >= 4 is 33.7 Å². The number of carbonyl (C=O) groups is 2. The van der Waals surface area contributed by atoms with Gasteiger partial charge in [0.2, 0.25) is 15.9 Å². The molecule has 1 amide bonds. The van der Waals surface area contributed by atoms with Crippen LogP contribution in [-0.4, -0.2) is 64.7 Å². The van der Waals surface area contributed by atoms with Gasteiger partial charge in [0.05, 0.1) is 22.8 Å². The molecule has 0 aliphatic heterocycles. The third-order valence-electron chi connectivity index (χ3n) is 4.14. The molecule has 2 aromatic carbocycles. The molecule has 0 bridgehead atoms. The average Bonchev–Trinajstić information content (AvgIpc) is 2.76. The predicted molar refractivity (Wildman–Crippen MR) is 118 cm³/mol. The van der Waals surface area contributed by atoms with Crippen molar-refractivity contribution in [3.63, 3.8) is 0 Å². The van der Waals surface area contributed by atoms with Gasteiger partial charge in [-0.3, -0.25) is 4.79 Å². The number of sulfonamides is 1. The van der Waals surface area contributed by atoms with Gasteiger partial charge in [-0.15, -0.1) is 11.8 Å². The Bertz CT molecular complexity index is 1010. The highest BCUT2D eigenvalue weighted by molar-refractivity contribution is 8.00. The van der Waals surface area contributed by atoms with Crippen LogP contribution in [0.5, 0.6) is 0 Å². The summed E-state index contributed by atoms with van der Waals surface area (Å²) in [5, 5.41) is 2.72. The molecule has 0 spiro atoms. The van der Waals surface area contributed by atoms with E-state index in [2.05, 4.69) is 5.32 Å². The average molecular weight is 467 g/mol. The van der Waals surface area contributed by atoms with Crippen LogP contribution in [0.4, 0.5) is 0 Å². The fourth-order valence-electron chi connectivity index (χ4n) is 2.48. The van der Waals surface area contributed by atoms with Crippen molar-refractivity contribution in [1.82, 2.24) is 9.62 Å². The van der Waals surface area contributed by atoms with Crippen LogP contribution in [0.15, 0.2) is 58.3 Å². The van der Waals surface area contributed by atoms with Crippen molar-refractivity contribution in [2.75, 3.05) is 40.1 Å². The fraction of sp³-hybridized carbons (Fsp3) is 0.333. The monoisotopic (exact) mass is 466 g/mol. The van der Waals surface area contributed by atoms with E-state index in [1.807, 2.05) is 0 Å². The number of benzene rings is 2. The van der Waals surface area contributed by atoms with Crippen molar-refractivity contribution < 1.29 is 27.5 Å². The smallest absolute Gasteiger partial charge is 0.339 e. The molecule has 0 radical (unpaired) electrons. The number of nitrogens with one attached hydrogen (secondary N) is 1. The summed E-state index contributed by atoms with van der Waals surface area (Å²) in [4.78, 5) is 25.2. The fourth-order valence-corrected chi connectivity index (χ4v) is 4.32. The molecule has 2 rings (SSSR count). The lowest BCUT2D eigenvalue weighted by atomic mass is 10.2. The van der Waals surface area contributed by atoms with Crippen molar-refractivity contribution in [3.05, 3.63) is 59.7 Å². The molecule has 0 unspecified atom stereocenters. The first-order chi connectivity index (χ1) is 14.8. The van der Waals surface area contributed by atoms with Crippen LogP contribution in [-0.2, 0) is 30.9 Å². The zero-order valence-electron chi connectivity index (χ0n) is 17.7. The van der Waals surface area contributed by atoms with Crippen LogP contribution in [0, 0.1) is 0 Å². The topological polar surface area (TPSA) is 102 Å². The highest BCUT2D eigenvalue weighted by atomic mass is 32.2. The zero-order chi connectivity index (χ0) is 22.9. The summed E-state index contributed by atoms with van der Waals surface area (Å²) in [6.45, 7) is 0.769. The first-order valence-corrected chi connectivity index (χ1v) is 11.8. The van der Waals surface area contributed by atoms with Gasteiger partial charge in [-0.05, 0) is 29.8 Å². The van der Waals surface area contributed by atoms with Gasteiger partial charge in [-0.1, -0.05) is 24.3 Å². The maximum atomic E-state index is 12.6. The van der Waals surface area contributed by atoms with Crippen LogP contribution in [0.2, 0.25) is 0 Å². The number of ether oxygens (including phenoxy) is 2. The second kappa shape index (κ2) is 11.8. The maximum absolute atomic E-state index is 12.6. The molecule has 0 heterocycles. The van der Waals surface area contributed by atoms with Crippen LogP contribution in [0.1, 0.15) is 15.9 Å². The lowest BCUT2D eigenvalue weighted by Gasteiger charge is -2.13. The summed E-state index contributed by atoms with van der Waals surface area (Å²) < 4.78 is 35.9. The Morgan fingerprint density at radius 2 is 1.84 bits per heavy atom. The van der Waals surface area contributed by atoms with E-state index in [9.17, 15) is 18.0 Å². The first-order valence-electron chi connectivity index (χ1n) is 9.41. The Kier molecular flexibility index (Phi) is 9.50. The molecule has 0 saturated heterocycles. The summed E-state index contributed by atoms with van der Waals surface area (Å²) in [7, 11) is 0.884. The second-order valence-electron chi connectivity index (χ2n) is 6.64. The lowest BCUT2D eigenvalue weighted by Crippen LogP contribution is -2.28. The summed E-state index contributed by atoms with van der Waals surface area (Å²) in [5.74, 6) is -0.564. The van der Waals surface area contributed by atoms with Gasteiger partial charge in [0, 0.05) is 32.6 Å². The lowest BCUT2D eigenvalue weighted by molar-refractivity contribution is -0.118. The van der Waals surface area contributed by atoms with E-state index in [0.29, 0.717) is 29.2 Å². The summed E-state index contributed by atoms with van der Waals surface area (Å²) in [6.07, 6.45) is 0. The summed E-state index contributed by atoms with van der Waals surface area (Å²) >= 11 is 1.23. The van der Waals surface area contributed by atoms with E-state index < -0.39 is 16.0 Å². The summed E-state index contributed by atoms with van der Waals surface area (Å²) in [6, 6.07) is 13.1. The minimum atomic E-state index is -3.58. The number of esters is 1. The molecule has 168 valence electrons. The standard InChI is InChI=1S/C21H26N2O6S2/c1-23(2)31(26,27)17-8-6-7-16(13-17)14-29-21(25)18-9-4-5-10-19(18)30-15-20(24)22-11-12-28-3/h4-10,13H,11-12,14-15H2,1-3H3,(H,22,24). The van der Waals surface area contributed by atoms with Crippen LogP contribution in [0.25, 0.3) is 0 Å². The maximum Gasteiger partial charge on any atom is 0.339 e. The quantitative estimate of drug-likeness (QED) is 0.308. The van der Waals surface area contributed by atoms with Crippen molar-refractivity contribution in [1.29, 1.82) is 0 Å². The van der Waals surface area contributed by atoms with Crippen LogP contribution in [0.3, 0.4) is 0 Å². The predicted octanol–water partition coefficient (Wildman–Crippen LogP) is 2.15. The number of amides is 1. The Hall–Kier alpha value is -2.40. The van der Waals surface area contributed by atoms with Gasteiger partial charge in [0.1, 0.15) is 6.61 Å². The molecule has 1 N–H and O–H groups in total. The number of hydrogen-bond donors (Lipinski definition) is 1. The third-order valence-corrected chi connectivity index (χ3v) is 7.03. The van der Waals surface area contributed by atoms with Crippen LogP contribution >= 0.6 is 11.8 Å². The Labute approximate surface area is 187 Å². The van der Waals surface area contributed by atoms with Gasteiger partial charge in [0.25, 0.3) is 0 Å². The molecule has 0 atom stereocenters. The number of nitrogens with zero attached hydrogens (tertiary/aromatic N) is 1. The number of carbonyl (C=O) groups excluding carboxylic acids is 2. The van der Waals surface area contributed by atoms with E-state index in [1.54, 1.807) is 43.5 Å². The zero-order valence-corrected chi connectivity index (χ0v) is 19.3. The molecule has 2 aromatic rings. The van der Waals surface area contributed by atoms with E-state index in [-0.39, 0.29) is 23.2 Å². The molecule has 0 fully saturated rings. The number of hydrogen-bond acceptors (Lipinski definition) is 7. The van der Waals surface area contributed by atoms with Gasteiger partial charge in [-0.25, -0.2) is 17.5 Å². The molecule has 0 saturated carbocycles. The van der Waals surface area contributed by atoms with Crippen molar-refractivity contribution in [2.45, 2.75) is 16.4 Å². The SMILES string of the molecule is COCCNC(=O)CSc1ccccc1C(=O)OCc1cccc(S(=O)(=O)N(C)C)c1. The molecule has 0 aromatic heterocycles. The molecule has 8 nitrogen and oxygen atoms in total. The second-order valence-corrected chi connectivity index (χ2v) is 9.81. The number of methoxy groups -OCH3 is 1. The number of rotatable bonds is 11. The molecule has 0 aliphatic carbocycles. The Balaban J connectivity index is 2.01. The van der Waals surface area contributed by atoms with E-state index >= 15 is 0 Å². The van der Waals surface area contributed by atoms with E-state index in [1.165, 1.54) is 38.0 Å². The van der Waals surface area contributed by atoms with Crippen molar-refractivity contribution in [3.8, 4) is 0 Å². The van der Waals surface area contributed by atoms with E-state index in [4.69, 9.17) is 9.47 Å². The van der Waals surface area contributed by atoms with E-state index in [0.717, 1.165) is 4.31 Å². The molecule has 10 heteroatoms. The minimum Gasteiger partial charge on any atom is -0.457 e. The minimum absolute atomic E-state index is 0.0773. The molecular weight excluding hydrogens is 440 g/mol.